The molecule has 2 heterocycles. The average molecular weight is 371 g/mol. The maximum atomic E-state index is 11.8. The number of ether oxygens (including phenoxy) is 1. The van der Waals surface area contributed by atoms with Gasteiger partial charge in [0, 0.05) is 16.7 Å². The van der Waals surface area contributed by atoms with Crippen molar-refractivity contribution >= 4 is 46.3 Å². The minimum atomic E-state index is -0.515. The number of carbonyl (C=O) groups is 1. The summed E-state index contributed by atoms with van der Waals surface area (Å²) >= 11 is 18.3. The monoisotopic (exact) mass is 369 g/mol. The molecule has 23 heavy (non-hydrogen) atoms. The van der Waals surface area contributed by atoms with Crippen molar-refractivity contribution in [2.75, 3.05) is 6.61 Å². The van der Waals surface area contributed by atoms with Crippen molar-refractivity contribution in [3.05, 3.63) is 51.4 Å². The Morgan fingerprint density at radius 2 is 2.04 bits per heavy atom. The number of halogens is 3. The first-order valence-corrected chi connectivity index (χ1v) is 7.81. The number of benzene rings is 1. The average Bonchev–Trinajstić information content (AvgIpc) is 2.92. The first kappa shape index (κ1) is 16.1. The molecule has 0 aliphatic carbocycles. The molecule has 0 amide bonds. The standard InChI is InChI=1S/C15H10Cl3N3O2/c1-2-23-15(22)11-6-13-14(18)19-12(7-21(13)20-11)9-4-3-8(16)5-10(9)17/h3-7H,2H2,1H3. The largest absolute Gasteiger partial charge is 0.461 e. The lowest BCUT2D eigenvalue weighted by molar-refractivity contribution is 0.0519. The molecule has 0 aliphatic heterocycles. The molecule has 0 fully saturated rings. The number of rotatable bonds is 3. The smallest absolute Gasteiger partial charge is 0.358 e. The van der Waals surface area contributed by atoms with Gasteiger partial charge in [0.25, 0.3) is 0 Å². The number of esters is 1. The topological polar surface area (TPSA) is 56.5 Å². The Balaban J connectivity index is 2.12. The van der Waals surface area contributed by atoms with Gasteiger partial charge in [0.1, 0.15) is 5.52 Å². The number of fused-ring (bicyclic) bond motifs is 1. The van der Waals surface area contributed by atoms with Crippen LogP contribution in [0.3, 0.4) is 0 Å². The second kappa shape index (κ2) is 6.35. The number of hydrogen-bond donors (Lipinski definition) is 0. The van der Waals surface area contributed by atoms with Crippen molar-refractivity contribution in [3.8, 4) is 11.3 Å². The van der Waals surface area contributed by atoms with Crippen LogP contribution in [0.2, 0.25) is 15.2 Å². The molecule has 0 aliphatic rings. The summed E-state index contributed by atoms with van der Waals surface area (Å²) in [4.78, 5) is 16.1. The molecule has 0 unspecified atom stereocenters. The lowest BCUT2D eigenvalue weighted by Crippen LogP contribution is -2.05. The van der Waals surface area contributed by atoms with Gasteiger partial charge in [0.05, 0.1) is 23.5 Å². The first-order valence-electron chi connectivity index (χ1n) is 6.68. The Hall–Kier alpha value is -1.82. The molecule has 0 saturated heterocycles. The fourth-order valence-corrected chi connectivity index (χ4v) is 2.82. The highest BCUT2D eigenvalue weighted by Crippen LogP contribution is 2.30. The predicted molar refractivity (Wildman–Crippen MR) is 89.4 cm³/mol. The fourth-order valence-electron chi connectivity index (χ4n) is 2.09. The number of hydrogen-bond acceptors (Lipinski definition) is 4. The highest BCUT2D eigenvalue weighted by molar-refractivity contribution is 6.36. The van der Waals surface area contributed by atoms with Gasteiger partial charge in [0.15, 0.2) is 10.8 Å². The zero-order chi connectivity index (χ0) is 16.6. The summed E-state index contributed by atoms with van der Waals surface area (Å²) in [6, 6.07) is 6.59. The zero-order valence-corrected chi connectivity index (χ0v) is 14.2. The van der Waals surface area contributed by atoms with Gasteiger partial charge in [-0.1, -0.05) is 34.8 Å². The molecule has 8 heteroatoms. The Bertz CT molecular complexity index is 908. The third-order valence-corrected chi connectivity index (χ3v) is 3.93. The van der Waals surface area contributed by atoms with E-state index in [1.165, 1.54) is 10.6 Å². The predicted octanol–water partition coefficient (Wildman–Crippen LogP) is 4.53. The highest BCUT2D eigenvalue weighted by atomic mass is 35.5. The number of carbonyl (C=O) groups excluding carboxylic acids is 1. The van der Waals surface area contributed by atoms with Crippen LogP contribution in [0.5, 0.6) is 0 Å². The van der Waals surface area contributed by atoms with Crippen LogP contribution in [-0.2, 0) is 4.74 Å². The summed E-state index contributed by atoms with van der Waals surface area (Å²) in [6.07, 6.45) is 1.64. The van der Waals surface area contributed by atoms with Crippen molar-refractivity contribution in [3.63, 3.8) is 0 Å². The summed E-state index contributed by atoms with van der Waals surface area (Å²) in [5.74, 6) is -0.515. The van der Waals surface area contributed by atoms with E-state index in [2.05, 4.69) is 10.1 Å². The van der Waals surface area contributed by atoms with Gasteiger partial charge in [-0.2, -0.15) is 5.10 Å². The molecule has 3 aromatic rings. The van der Waals surface area contributed by atoms with Crippen LogP contribution in [0.4, 0.5) is 0 Å². The summed E-state index contributed by atoms with van der Waals surface area (Å²) in [6.45, 7) is 1.99. The maximum absolute atomic E-state index is 11.8. The minimum Gasteiger partial charge on any atom is -0.461 e. The van der Waals surface area contributed by atoms with Gasteiger partial charge in [-0.15, -0.1) is 0 Å². The van der Waals surface area contributed by atoms with Gasteiger partial charge in [0.2, 0.25) is 0 Å². The first-order chi connectivity index (χ1) is 11.0. The van der Waals surface area contributed by atoms with Crippen molar-refractivity contribution in [2.45, 2.75) is 6.92 Å². The molecular formula is C15H10Cl3N3O2. The molecule has 0 saturated carbocycles. The van der Waals surface area contributed by atoms with E-state index in [1.54, 1.807) is 31.3 Å². The number of aromatic nitrogens is 3. The molecule has 0 N–H and O–H groups in total. The quantitative estimate of drug-likeness (QED) is 0.635. The van der Waals surface area contributed by atoms with Crippen molar-refractivity contribution < 1.29 is 9.53 Å². The SMILES string of the molecule is CCOC(=O)c1cc2c(Cl)nc(-c3ccc(Cl)cc3Cl)cn2n1. The van der Waals surface area contributed by atoms with Crippen molar-refractivity contribution in [1.29, 1.82) is 0 Å². The van der Waals surface area contributed by atoms with Crippen LogP contribution in [0.15, 0.2) is 30.5 Å². The molecule has 0 spiro atoms. The lowest BCUT2D eigenvalue weighted by Gasteiger charge is -2.06. The van der Waals surface area contributed by atoms with Gasteiger partial charge in [-0.05, 0) is 25.1 Å². The van der Waals surface area contributed by atoms with Gasteiger partial charge < -0.3 is 4.74 Å². The Kier molecular flexibility index (Phi) is 4.43. The summed E-state index contributed by atoms with van der Waals surface area (Å²) < 4.78 is 6.40. The fraction of sp³-hybridized carbons (Fsp3) is 0.133. The molecule has 5 nitrogen and oxygen atoms in total. The van der Waals surface area contributed by atoms with E-state index in [1.807, 2.05) is 0 Å². The molecule has 3 rings (SSSR count). The molecule has 2 aromatic heterocycles. The van der Waals surface area contributed by atoms with E-state index in [-0.39, 0.29) is 17.5 Å². The van der Waals surface area contributed by atoms with Crippen LogP contribution in [0.25, 0.3) is 16.8 Å². The summed E-state index contributed by atoms with van der Waals surface area (Å²) in [7, 11) is 0. The molecule has 0 atom stereocenters. The van der Waals surface area contributed by atoms with Crippen LogP contribution < -0.4 is 0 Å². The molecule has 118 valence electrons. The zero-order valence-electron chi connectivity index (χ0n) is 11.9. The van der Waals surface area contributed by atoms with E-state index < -0.39 is 5.97 Å². The van der Waals surface area contributed by atoms with Gasteiger partial charge >= 0.3 is 5.97 Å². The summed E-state index contributed by atoms with van der Waals surface area (Å²) in [5.41, 5.74) is 1.84. The van der Waals surface area contributed by atoms with E-state index in [4.69, 9.17) is 39.5 Å². The third-order valence-electron chi connectivity index (χ3n) is 3.10. The maximum Gasteiger partial charge on any atom is 0.358 e. The van der Waals surface area contributed by atoms with Crippen LogP contribution >= 0.6 is 34.8 Å². The van der Waals surface area contributed by atoms with Crippen molar-refractivity contribution in [2.24, 2.45) is 0 Å². The Morgan fingerprint density at radius 1 is 1.26 bits per heavy atom. The highest BCUT2D eigenvalue weighted by Gasteiger charge is 2.16. The Labute approximate surface area is 146 Å². The second-order valence-corrected chi connectivity index (χ2v) is 5.82. The van der Waals surface area contributed by atoms with Crippen molar-refractivity contribution in [1.82, 2.24) is 14.6 Å². The molecule has 0 bridgehead atoms. The minimum absolute atomic E-state index is 0.162. The van der Waals surface area contributed by atoms with E-state index in [0.29, 0.717) is 26.8 Å². The Morgan fingerprint density at radius 3 is 2.74 bits per heavy atom. The van der Waals surface area contributed by atoms with Crippen LogP contribution in [0, 0.1) is 0 Å². The number of nitrogens with zero attached hydrogens (tertiary/aromatic N) is 3. The van der Waals surface area contributed by atoms with E-state index in [9.17, 15) is 4.79 Å². The summed E-state index contributed by atoms with van der Waals surface area (Å²) in [5, 5.41) is 5.34. The molecule has 1 aromatic carbocycles. The van der Waals surface area contributed by atoms with Gasteiger partial charge in [-0.3, -0.25) is 0 Å². The van der Waals surface area contributed by atoms with Gasteiger partial charge in [-0.25, -0.2) is 14.3 Å². The van der Waals surface area contributed by atoms with E-state index in [0.717, 1.165) is 0 Å². The molecule has 0 radical (unpaired) electrons. The molecular weight excluding hydrogens is 361 g/mol. The van der Waals surface area contributed by atoms with E-state index >= 15 is 0 Å². The third kappa shape index (κ3) is 3.13. The van der Waals surface area contributed by atoms with Crippen LogP contribution in [0.1, 0.15) is 17.4 Å². The second-order valence-electron chi connectivity index (χ2n) is 4.62. The normalized spacial score (nSPS) is 11.0. The van der Waals surface area contributed by atoms with Crippen LogP contribution in [-0.4, -0.2) is 27.2 Å². The lowest BCUT2D eigenvalue weighted by atomic mass is 10.1.